The van der Waals surface area contributed by atoms with Crippen molar-refractivity contribution in [3.05, 3.63) is 28.4 Å². The molecule has 2 aliphatic rings. The first kappa shape index (κ1) is 19.1. The summed E-state index contributed by atoms with van der Waals surface area (Å²) in [6.45, 7) is 9.86. The number of amides is 1. The minimum absolute atomic E-state index is 0.0191. The van der Waals surface area contributed by atoms with Crippen molar-refractivity contribution in [2.24, 2.45) is 11.8 Å². The predicted molar refractivity (Wildman–Crippen MR) is 100 cm³/mol. The van der Waals surface area contributed by atoms with Gasteiger partial charge in [-0.3, -0.25) is 14.2 Å². The fourth-order valence-electron chi connectivity index (χ4n) is 3.79. The van der Waals surface area contributed by atoms with Crippen LogP contribution in [0.25, 0.3) is 0 Å². The molecule has 0 atom stereocenters. The molecule has 0 unspecified atom stereocenters. The van der Waals surface area contributed by atoms with E-state index in [2.05, 4.69) is 25.8 Å². The van der Waals surface area contributed by atoms with E-state index in [9.17, 15) is 9.59 Å². The Bertz CT molecular complexity index is 678. The molecule has 0 saturated carbocycles. The summed E-state index contributed by atoms with van der Waals surface area (Å²) in [6, 6.07) is 1.66. The Morgan fingerprint density at radius 2 is 1.85 bits per heavy atom. The molecule has 2 aliphatic heterocycles. The van der Waals surface area contributed by atoms with Gasteiger partial charge in [-0.15, -0.1) is 0 Å². The van der Waals surface area contributed by atoms with Crippen LogP contribution in [0.15, 0.2) is 17.2 Å². The van der Waals surface area contributed by atoms with Gasteiger partial charge in [-0.2, -0.15) is 0 Å². The smallest absolute Gasteiger partial charge is 0.253 e. The van der Waals surface area contributed by atoms with Crippen molar-refractivity contribution in [3.63, 3.8) is 0 Å². The average molecular weight is 361 g/mol. The van der Waals surface area contributed by atoms with E-state index >= 15 is 0 Å². The number of aromatic nitrogens is 2. The van der Waals surface area contributed by atoms with Crippen LogP contribution in [0.2, 0.25) is 0 Å². The maximum Gasteiger partial charge on any atom is 0.253 e. The van der Waals surface area contributed by atoms with Gasteiger partial charge >= 0.3 is 0 Å². The van der Waals surface area contributed by atoms with Crippen molar-refractivity contribution in [1.29, 1.82) is 0 Å². The number of carbonyl (C=O) groups is 1. The Morgan fingerprint density at radius 1 is 1.19 bits per heavy atom. The lowest BCUT2D eigenvalue weighted by molar-refractivity contribution is -0.140. The number of hydrogen-bond acceptors (Lipinski definition) is 4. The molecule has 6 nitrogen and oxygen atoms in total. The molecule has 0 spiro atoms. The highest BCUT2D eigenvalue weighted by Gasteiger charge is 2.29. The zero-order chi connectivity index (χ0) is 18.7. The van der Waals surface area contributed by atoms with Gasteiger partial charge < -0.3 is 9.64 Å². The fraction of sp³-hybridized carbons (Fsp3) is 0.750. The Balaban J connectivity index is 1.54. The standard InChI is InChI=1S/C20H31N3O3/c1-20(2,3)17-12-18(24)23(14-21-17)13-15-4-8-22(9-5-15)19(25)16-6-10-26-11-7-16/h12,14-16H,4-11,13H2,1-3H3. The number of carbonyl (C=O) groups excluding carboxylic acids is 1. The molecule has 0 bridgehead atoms. The largest absolute Gasteiger partial charge is 0.381 e. The van der Waals surface area contributed by atoms with Crippen molar-refractivity contribution in [1.82, 2.24) is 14.5 Å². The molecule has 6 heteroatoms. The molecule has 0 radical (unpaired) electrons. The maximum absolute atomic E-state index is 12.6. The molecule has 0 aliphatic carbocycles. The van der Waals surface area contributed by atoms with Crippen molar-refractivity contribution in [2.45, 2.75) is 58.4 Å². The first-order valence-electron chi connectivity index (χ1n) is 9.78. The van der Waals surface area contributed by atoms with Crippen molar-refractivity contribution < 1.29 is 9.53 Å². The number of nitrogens with zero attached hydrogens (tertiary/aromatic N) is 3. The third-order valence-corrected chi connectivity index (χ3v) is 5.60. The second kappa shape index (κ2) is 7.91. The summed E-state index contributed by atoms with van der Waals surface area (Å²) in [4.78, 5) is 31.5. The second-order valence-corrected chi connectivity index (χ2v) is 8.67. The lowest BCUT2D eigenvalue weighted by atomic mass is 9.92. The minimum atomic E-state index is -0.117. The Morgan fingerprint density at radius 3 is 2.42 bits per heavy atom. The number of ether oxygens (including phenoxy) is 1. The van der Waals surface area contributed by atoms with Gasteiger partial charge in [-0.25, -0.2) is 4.98 Å². The minimum Gasteiger partial charge on any atom is -0.381 e. The summed E-state index contributed by atoms with van der Waals surface area (Å²) >= 11 is 0. The highest BCUT2D eigenvalue weighted by molar-refractivity contribution is 5.79. The zero-order valence-electron chi connectivity index (χ0n) is 16.2. The van der Waals surface area contributed by atoms with Gasteiger partial charge in [0.1, 0.15) is 0 Å². The monoisotopic (exact) mass is 361 g/mol. The van der Waals surface area contributed by atoms with Crippen LogP contribution in [0.5, 0.6) is 0 Å². The third-order valence-electron chi connectivity index (χ3n) is 5.60. The van der Waals surface area contributed by atoms with Gasteiger partial charge in [0.2, 0.25) is 5.91 Å². The fourth-order valence-corrected chi connectivity index (χ4v) is 3.79. The maximum atomic E-state index is 12.6. The molecular weight excluding hydrogens is 330 g/mol. The van der Waals surface area contributed by atoms with E-state index in [1.165, 1.54) is 0 Å². The zero-order valence-corrected chi connectivity index (χ0v) is 16.2. The number of hydrogen-bond donors (Lipinski definition) is 0. The summed E-state index contributed by atoms with van der Waals surface area (Å²) in [6.07, 6.45) is 5.27. The van der Waals surface area contributed by atoms with Crippen LogP contribution >= 0.6 is 0 Å². The van der Waals surface area contributed by atoms with E-state index in [0.717, 1.165) is 44.5 Å². The van der Waals surface area contributed by atoms with E-state index in [-0.39, 0.29) is 16.9 Å². The number of rotatable bonds is 3. The Labute approximate surface area is 155 Å². The molecule has 1 amide bonds. The quantitative estimate of drug-likeness (QED) is 0.828. The number of likely N-dealkylation sites (tertiary alicyclic amines) is 1. The van der Waals surface area contributed by atoms with Crippen molar-refractivity contribution in [2.75, 3.05) is 26.3 Å². The molecule has 0 N–H and O–H groups in total. The summed E-state index contributed by atoms with van der Waals surface area (Å²) < 4.78 is 7.07. The SMILES string of the molecule is CC(C)(C)c1cc(=O)n(CC2CCN(C(=O)C3CCOCC3)CC2)cn1. The average Bonchev–Trinajstić information content (AvgIpc) is 2.63. The summed E-state index contributed by atoms with van der Waals surface area (Å²) in [7, 11) is 0. The molecule has 3 heterocycles. The Kier molecular flexibility index (Phi) is 5.80. The molecule has 26 heavy (non-hydrogen) atoms. The van der Waals surface area contributed by atoms with Crippen molar-refractivity contribution in [3.8, 4) is 0 Å². The van der Waals surface area contributed by atoms with E-state index < -0.39 is 0 Å². The van der Waals surface area contributed by atoms with Crippen LogP contribution in [0, 0.1) is 11.8 Å². The van der Waals surface area contributed by atoms with E-state index in [0.29, 0.717) is 31.6 Å². The first-order valence-corrected chi connectivity index (χ1v) is 9.78. The van der Waals surface area contributed by atoms with E-state index in [1.807, 2.05) is 4.90 Å². The topological polar surface area (TPSA) is 64.4 Å². The molecule has 144 valence electrons. The van der Waals surface area contributed by atoms with Crippen LogP contribution < -0.4 is 5.56 Å². The summed E-state index contributed by atoms with van der Waals surface area (Å²) in [5.74, 6) is 0.853. The van der Waals surface area contributed by atoms with E-state index in [4.69, 9.17) is 4.74 Å². The molecule has 1 aromatic rings. The highest BCUT2D eigenvalue weighted by atomic mass is 16.5. The van der Waals surface area contributed by atoms with Gasteiger partial charge in [0.05, 0.1) is 12.0 Å². The van der Waals surface area contributed by atoms with Gasteiger partial charge in [-0.1, -0.05) is 20.8 Å². The van der Waals surface area contributed by atoms with Gasteiger partial charge in [0.15, 0.2) is 0 Å². The van der Waals surface area contributed by atoms with Gasteiger partial charge in [-0.05, 0) is 31.6 Å². The molecule has 0 aromatic carbocycles. The van der Waals surface area contributed by atoms with Crippen LogP contribution in [-0.4, -0.2) is 46.7 Å². The van der Waals surface area contributed by atoms with Crippen molar-refractivity contribution >= 4 is 5.91 Å². The molecule has 1 aromatic heterocycles. The highest BCUT2D eigenvalue weighted by Crippen LogP contribution is 2.24. The predicted octanol–water partition coefficient (Wildman–Crippen LogP) is 2.21. The normalized spacial score (nSPS) is 20.3. The third kappa shape index (κ3) is 4.53. The molecule has 3 rings (SSSR count). The second-order valence-electron chi connectivity index (χ2n) is 8.67. The van der Waals surface area contributed by atoms with Gasteiger partial charge in [0, 0.05) is 50.2 Å². The molecular formula is C20H31N3O3. The molecule has 2 saturated heterocycles. The summed E-state index contributed by atoms with van der Waals surface area (Å²) in [5, 5.41) is 0. The van der Waals surface area contributed by atoms with E-state index in [1.54, 1.807) is 17.0 Å². The van der Waals surface area contributed by atoms with Gasteiger partial charge in [0.25, 0.3) is 5.56 Å². The van der Waals surface area contributed by atoms with Crippen LogP contribution in [-0.2, 0) is 21.5 Å². The van der Waals surface area contributed by atoms with Crippen LogP contribution in [0.1, 0.15) is 52.1 Å². The lowest BCUT2D eigenvalue weighted by Crippen LogP contribution is -2.44. The lowest BCUT2D eigenvalue weighted by Gasteiger charge is -2.35. The van der Waals surface area contributed by atoms with Crippen LogP contribution in [0.3, 0.4) is 0 Å². The first-order chi connectivity index (χ1) is 12.3. The summed E-state index contributed by atoms with van der Waals surface area (Å²) in [5.41, 5.74) is 0.731. The van der Waals surface area contributed by atoms with Crippen LogP contribution in [0.4, 0.5) is 0 Å². The molecule has 2 fully saturated rings. The number of piperidine rings is 1. The Hall–Kier alpha value is -1.69.